The smallest absolute Gasteiger partial charge is 0.475 e. The van der Waals surface area contributed by atoms with Gasteiger partial charge in [0.05, 0.1) is 16.4 Å². The molecule has 0 saturated heterocycles. The van der Waals surface area contributed by atoms with Crippen molar-refractivity contribution in [1.29, 1.82) is 0 Å². The number of carbonyl (C=O) groups is 1. The minimum absolute atomic E-state index is 0.125. The van der Waals surface area contributed by atoms with Gasteiger partial charge in [0.1, 0.15) is 5.82 Å². The number of rotatable bonds is 1. The van der Waals surface area contributed by atoms with Gasteiger partial charge in [-0.15, -0.1) is 0 Å². The highest BCUT2D eigenvalue weighted by Gasteiger charge is 2.38. The van der Waals surface area contributed by atoms with Crippen LogP contribution in [0.25, 0.3) is 32.9 Å². The summed E-state index contributed by atoms with van der Waals surface area (Å²) in [5, 5.41) is 8.96. The molecular weight excluding hydrogens is 423 g/mol. The van der Waals surface area contributed by atoms with Crippen molar-refractivity contribution in [3.63, 3.8) is 0 Å². The molecule has 0 spiro atoms. The van der Waals surface area contributed by atoms with Gasteiger partial charge in [-0.05, 0) is 28.7 Å². The Morgan fingerprint density at radius 3 is 2.16 bits per heavy atom. The van der Waals surface area contributed by atoms with E-state index in [0.29, 0.717) is 5.82 Å². The number of anilines is 2. The summed E-state index contributed by atoms with van der Waals surface area (Å²) in [7, 11) is 0. The van der Waals surface area contributed by atoms with Crippen molar-refractivity contribution in [2.75, 3.05) is 11.5 Å². The van der Waals surface area contributed by atoms with E-state index < -0.39 is 12.1 Å². The number of benzene rings is 2. The number of aliphatic carboxylic acids is 1. The Balaban J connectivity index is 0.000000360. The van der Waals surface area contributed by atoms with Crippen LogP contribution in [-0.4, -0.2) is 32.2 Å². The minimum Gasteiger partial charge on any atom is -0.475 e. The average Bonchev–Trinajstić information content (AvgIpc) is 3.15. The highest BCUT2D eigenvalue weighted by molar-refractivity contribution is 6.15. The fraction of sp³-hybridized carbons (Fsp3) is 0.227. The van der Waals surface area contributed by atoms with Gasteiger partial charge in [-0.25, -0.2) is 9.78 Å². The first-order valence-electron chi connectivity index (χ1n) is 9.53. The Morgan fingerprint density at radius 2 is 1.62 bits per heavy atom. The molecule has 0 bridgehead atoms. The molecule has 0 radical (unpaired) electrons. The van der Waals surface area contributed by atoms with Crippen LogP contribution in [0.1, 0.15) is 26.3 Å². The van der Waals surface area contributed by atoms with Crippen LogP contribution in [0.4, 0.5) is 24.9 Å². The van der Waals surface area contributed by atoms with E-state index >= 15 is 0 Å². The van der Waals surface area contributed by atoms with Crippen molar-refractivity contribution in [3.05, 3.63) is 48.2 Å². The molecule has 168 valence electrons. The highest BCUT2D eigenvalue weighted by atomic mass is 19.4. The molecule has 0 fully saturated rings. The molecule has 2 aromatic heterocycles. The van der Waals surface area contributed by atoms with Gasteiger partial charge in [0.2, 0.25) is 5.95 Å². The predicted octanol–water partition coefficient (Wildman–Crippen LogP) is 4.87. The maximum Gasteiger partial charge on any atom is 0.490 e. The summed E-state index contributed by atoms with van der Waals surface area (Å²) in [5.74, 6) is -2.16. The number of hydrogen-bond donors (Lipinski definition) is 4. The number of aromatic amines is 1. The SMILES string of the molecule is CC(C)(C)c1ccc(-c2cc3nc(N)nc(N)c3c3cc[nH]c23)cc1.O=C(O)C(F)(F)F. The maximum atomic E-state index is 10.6. The van der Waals surface area contributed by atoms with E-state index in [4.69, 9.17) is 21.4 Å². The third-order valence-corrected chi connectivity index (χ3v) is 4.85. The van der Waals surface area contributed by atoms with E-state index in [1.807, 2.05) is 18.3 Å². The second-order valence-electron chi connectivity index (χ2n) is 8.18. The number of nitrogens with one attached hydrogen (secondary N) is 1. The Hall–Kier alpha value is -3.82. The standard InChI is InChI=1S/C20H21N5.C2HF3O2/c1-20(2,3)12-6-4-11(5-7-12)14-10-15-16(13-8-9-23-17(13)14)18(21)25-19(22)24-15;3-2(4,5)1(6)7/h4-10,23H,1-3H3,(H4,21,22,24,25);(H,6,7). The van der Waals surface area contributed by atoms with Crippen molar-refractivity contribution >= 4 is 39.5 Å². The third kappa shape index (κ3) is 4.58. The van der Waals surface area contributed by atoms with Crippen molar-refractivity contribution in [2.45, 2.75) is 32.4 Å². The van der Waals surface area contributed by atoms with E-state index in [1.54, 1.807) is 0 Å². The molecule has 0 amide bonds. The molecule has 2 heterocycles. The molecular formula is C22H22F3N5O2. The first-order valence-corrected chi connectivity index (χ1v) is 9.53. The summed E-state index contributed by atoms with van der Waals surface area (Å²) in [6.45, 7) is 6.64. The lowest BCUT2D eigenvalue weighted by Crippen LogP contribution is -2.21. The molecule has 0 aliphatic carbocycles. The van der Waals surface area contributed by atoms with E-state index in [9.17, 15) is 13.2 Å². The second-order valence-corrected chi connectivity index (χ2v) is 8.18. The number of alkyl halides is 3. The molecule has 4 aromatic rings. The molecule has 2 aromatic carbocycles. The largest absolute Gasteiger partial charge is 0.490 e. The van der Waals surface area contributed by atoms with Gasteiger partial charge in [-0.3, -0.25) is 0 Å². The van der Waals surface area contributed by atoms with E-state index in [-0.39, 0.29) is 11.4 Å². The summed E-state index contributed by atoms with van der Waals surface area (Å²) in [6, 6.07) is 12.7. The molecule has 10 heteroatoms. The van der Waals surface area contributed by atoms with E-state index in [2.05, 4.69) is 60.0 Å². The first kappa shape index (κ1) is 22.9. The Bertz CT molecular complexity index is 1290. The lowest BCUT2D eigenvalue weighted by molar-refractivity contribution is -0.192. The number of nitrogen functional groups attached to an aromatic ring is 2. The first-order chi connectivity index (χ1) is 14.8. The van der Waals surface area contributed by atoms with Gasteiger partial charge in [-0.2, -0.15) is 18.2 Å². The third-order valence-electron chi connectivity index (χ3n) is 4.85. The molecule has 0 saturated carbocycles. The van der Waals surface area contributed by atoms with Crippen molar-refractivity contribution in [1.82, 2.24) is 15.0 Å². The highest BCUT2D eigenvalue weighted by Crippen LogP contribution is 2.36. The van der Waals surface area contributed by atoms with Crippen LogP contribution in [0.2, 0.25) is 0 Å². The number of hydrogen-bond acceptors (Lipinski definition) is 5. The molecule has 0 unspecified atom stereocenters. The Kier molecular flexibility index (Phi) is 5.73. The molecule has 0 atom stereocenters. The van der Waals surface area contributed by atoms with Gasteiger partial charge >= 0.3 is 12.1 Å². The number of H-pyrrole nitrogens is 1. The summed E-state index contributed by atoms with van der Waals surface area (Å²) >= 11 is 0. The van der Waals surface area contributed by atoms with Crippen LogP contribution in [0, 0.1) is 0 Å². The number of nitrogens with zero attached hydrogens (tertiary/aromatic N) is 2. The van der Waals surface area contributed by atoms with Crippen LogP contribution in [0.3, 0.4) is 0 Å². The topological polar surface area (TPSA) is 131 Å². The fourth-order valence-corrected chi connectivity index (χ4v) is 3.28. The number of carboxylic acid groups (broad SMARTS) is 1. The zero-order valence-corrected chi connectivity index (χ0v) is 17.6. The molecule has 7 nitrogen and oxygen atoms in total. The van der Waals surface area contributed by atoms with E-state index in [1.165, 1.54) is 5.56 Å². The fourth-order valence-electron chi connectivity index (χ4n) is 3.28. The van der Waals surface area contributed by atoms with Gasteiger partial charge in [0.25, 0.3) is 0 Å². The van der Waals surface area contributed by atoms with Crippen molar-refractivity contribution in [2.24, 2.45) is 0 Å². The van der Waals surface area contributed by atoms with Gasteiger partial charge in [0, 0.05) is 17.1 Å². The predicted molar refractivity (Wildman–Crippen MR) is 118 cm³/mol. The number of halogens is 3. The van der Waals surface area contributed by atoms with Crippen molar-refractivity contribution in [3.8, 4) is 11.1 Å². The quantitative estimate of drug-likeness (QED) is 0.330. The Labute approximate surface area is 181 Å². The lowest BCUT2D eigenvalue weighted by atomic mass is 9.86. The second kappa shape index (κ2) is 8.03. The summed E-state index contributed by atoms with van der Waals surface area (Å²) < 4.78 is 31.7. The maximum absolute atomic E-state index is 10.6. The Morgan fingerprint density at radius 1 is 1.03 bits per heavy atom. The molecule has 0 aliphatic rings. The molecule has 32 heavy (non-hydrogen) atoms. The minimum atomic E-state index is -5.08. The van der Waals surface area contributed by atoms with Gasteiger partial charge in [-0.1, -0.05) is 45.0 Å². The van der Waals surface area contributed by atoms with Crippen LogP contribution < -0.4 is 11.5 Å². The van der Waals surface area contributed by atoms with Gasteiger partial charge < -0.3 is 21.6 Å². The summed E-state index contributed by atoms with van der Waals surface area (Å²) in [5.41, 5.74) is 17.3. The zero-order valence-electron chi connectivity index (χ0n) is 17.6. The number of nitrogens with two attached hydrogens (primary N) is 2. The zero-order chi connectivity index (χ0) is 23.8. The normalized spacial score (nSPS) is 11.9. The lowest BCUT2D eigenvalue weighted by Gasteiger charge is -2.19. The van der Waals surface area contributed by atoms with E-state index in [0.717, 1.165) is 32.9 Å². The molecule has 0 aliphatic heterocycles. The van der Waals surface area contributed by atoms with Crippen LogP contribution in [0.5, 0.6) is 0 Å². The number of aromatic nitrogens is 3. The van der Waals surface area contributed by atoms with Crippen LogP contribution in [0.15, 0.2) is 42.6 Å². The monoisotopic (exact) mass is 445 g/mol. The molecule has 4 rings (SSSR count). The van der Waals surface area contributed by atoms with Gasteiger partial charge in [0.15, 0.2) is 0 Å². The van der Waals surface area contributed by atoms with Crippen molar-refractivity contribution < 1.29 is 23.1 Å². The summed E-state index contributed by atoms with van der Waals surface area (Å²) in [6.07, 6.45) is -3.17. The number of carboxylic acids is 1. The van der Waals surface area contributed by atoms with Crippen LogP contribution >= 0.6 is 0 Å². The molecule has 6 N–H and O–H groups in total. The number of fused-ring (bicyclic) bond motifs is 3. The average molecular weight is 445 g/mol. The van der Waals surface area contributed by atoms with Crippen LogP contribution in [-0.2, 0) is 10.2 Å². The summed E-state index contributed by atoms with van der Waals surface area (Å²) in [4.78, 5) is 20.7.